The summed E-state index contributed by atoms with van der Waals surface area (Å²) in [5.41, 5.74) is -6.91. The number of aryl methyl sites for hydroxylation is 1. The molecular weight excluding hydrogens is 429 g/mol. The molecule has 11 heteroatoms. The Morgan fingerprint density at radius 2 is 1.37 bits per heavy atom. The molecule has 1 aliphatic rings. The molecule has 0 saturated heterocycles. The normalized spacial score (nSPS) is 15.3. The number of alkyl halides is 9. The van der Waals surface area contributed by atoms with Crippen molar-refractivity contribution >= 4 is 5.69 Å². The maximum Gasteiger partial charge on any atom is 0.417 e. The molecular formula is C19H14F9NO. The highest BCUT2D eigenvalue weighted by Crippen LogP contribution is 2.47. The van der Waals surface area contributed by atoms with Crippen LogP contribution in [0.4, 0.5) is 45.2 Å². The fourth-order valence-electron chi connectivity index (χ4n) is 3.59. The van der Waals surface area contributed by atoms with Gasteiger partial charge in [-0.25, -0.2) is 0 Å². The Bertz CT molecular complexity index is 909. The van der Waals surface area contributed by atoms with E-state index in [4.69, 9.17) is 0 Å². The number of phenolic OH excluding ortho intramolecular Hbond substituents is 1. The molecule has 1 N–H and O–H groups in total. The molecule has 0 unspecified atom stereocenters. The molecule has 2 aromatic rings. The number of benzene rings is 2. The van der Waals surface area contributed by atoms with Gasteiger partial charge in [0.25, 0.3) is 0 Å². The quantitative estimate of drug-likeness (QED) is 0.543. The van der Waals surface area contributed by atoms with Gasteiger partial charge in [-0.2, -0.15) is 39.5 Å². The van der Waals surface area contributed by atoms with E-state index in [9.17, 15) is 44.6 Å². The topological polar surface area (TPSA) is 23.5 Å². The predicted molar refractivity (Wildman–Crippen MR) is 88.9 cm³/mol. The van der Waals surface area contributed by atoms with Crippen LogP contribution in [0.15, 0.2) is 30.3 Å². The third-order valence-electron chi connectivity index (χ3n) is 4.74. The first-order valence-corrected chi connectivity index (χ1v) is 8.63. The van der Waals surface area contributed by atoms with Crippen LogP contribution in [0.3, 0.4) is 0 Å². The first kappa shape index (κ1) is 22.1. The molecule has 0 spiro atoms. The van der Waals surface area contributed by atoms with Crippen LogP contribution in [0.1, 0.15) is 34.2 Å². The van der Waals surface area contributed by atoms with Crippen molar-refractivity contribution in [2.45, 2.75) is 37.9 Å². The molecule has 0 saturated carbocycles. The lowest BCUT2D eigenvalue weighted by molar-refractivity contribution is -0.174. The van der Waals surface area contributed by atoms with E-state index in [1.54, 1.807) is 0 Å². The van der Waals surface area contributed by atoms with Gasteiger partial charge in [0.05, 0.1) is 16.7 Å². The van der Waals surface area contributed by atoms with Crippen LogP contribution in [-0.4, -0.2) is 11.7 Å². The highest BCUT2D eigenvalue weighted by atomic mass is 19.4. The van der Waals surface area contributed by atoms with Gasteiger partial charge in [0, 0.05) is 18.8 Å². The van der Waals surface area contributed by atoms with Crippen LogP contribution in [-0.2, 0) is 31.5 Å². The van der Waals surface area contributed by atoms with Crippen molar-refractivity contribution in [1.82, 2.24) is 0 Å². The van der Waals surface area contributed by atoms with Gasteiger partial charge < -0.3 is 10.0 Å². The van der Waals surface area contributed by atoms with E-state index in [0.717, 1.165) is 0 Å². The molecule has 0 aromatic heterocycles. The third kappa shape index (κ3) is 4.44. The zero-order valence-corrected chi connectivity index (χ0v) is 15.0. The highest BCUT2D eigenvalue weighted by molar-refractivity contribution is 5.58. The minimum atomic E-state index is -5.84. The molecule has 0 amide bonds. The summed E-state index contributed by atoms with van der Waals surface area (Å²) in [5.74, 6) is -0.0520. The maximum atomic E-state index is 13.3. The predicted octanol–water partition coefficient (Wildman–Crippen LogP) is 6.40. The van der Waals surface area contributed by atoms with E-state index < -0.39 is 47.3 Å². The number of fused-ring (bicyclic) bond motifs is 1. The van der Waals surface area contributed by atoms with Crippen LogP contribution in [0, 0.1) is 0 Å². The van der Waals surface area contributed by atoms with Crippen molar-refractivity contribution in [3.8, 4) is 5.75 Å². The smallest absolute Gasteiger partial charge is 0.417 e. The van der Waals surface area contributed by atoms with E-state index in [1.807, 2.05) is 0 Å². The molecule has 164 valence electrons. The van der Waals surface area contributed by atoms with E-state index in [1.165, 1.54) is 23.1 Å². The summed E-state index contributed by atoms with van der Waals surface area (Å²) in [6, 6.07) is 4.44. The van der Waals surface area contributed by atoms with Gasteiger partial charge >= 0.3 is 18.5 Å². The zero-order valence-electron chi connectivity index (χ0n) is 15.0. The summed E-state index contributed by atoms with van der Waals surface area (Å²) in [5, 5.41) is 9.55. The Balaban J connectivity index is 2.14. The molecule has 1 aliphatic heterocycles. The number of anilines is 1. The summed E-state index contributed by atoms with van der Waals surface area (Å²) < 4.78 is 119. The Hall–Kier alpha value is -2.59. The highest BCUT2D eigenvalue weighted by Gasteiger charge is 2.50. The van der Waals surface area contributed by atoms with Crippen LogP contribution in [0.2, 0.25) is 0 Å². The molecule has 0 bridgehead atoms. The van der Waals surface area contributed by atoms with Gasteiger partial charge in [0.2, 0.25) is 0 Å². The Morgan fingerprint density at radius 1 is 0.800 bits per heavy atom. The molecule has 2 nitrogen and oxygen atoms in total. The summed E-state index contributed by atoms with van der Waals surface area (Å²) in [6.07, 6.45) is -16.1. The molecule has 0 radical (unpaired) electrons. The Morgan fingerprint density at radius 3 is 1.87 bits per heavy atom. The molecule has 30 heavy (non-hydrogen) atoms. The summed E-state index contributed by atoms with van der Waals surface area (Å²) in [4.78, 5) is 1.47. The Labute approximate surface area is 164 Å². The third-order valence-corrected chi connectivity index (χ3v) is 4.74. The number of aromatic hydroxyl groups is 1. The lowest BCUT2D eigenvalue weighted by atomic mass is 9.94. The molecule has 0 atom stereocenters. The summed E-state index contributed by atoms with van der Waals surface area (Å²) in [6.45, 7) is -0.177. The summed E-state index contributed by atoms with van der Waals surface area (Å²) >= 11 is 0. The lowest BCUT2D eigenvalue weighted by Crippen LogP contribution is -2.30. The van der Waals surface area contributed by atoms with Crippen LogP contribution >= 0.6 is 0 Å². The minimum Gasteiger partial charge on any atom is -0.508 e. The van der Waals surface area contributed by atoms with Crippen LogP contribution in [0.5, 0.6) is 5.75 Å². The number of halogens is 9. The van der Waals surface area contributed by atoms with Gasteiger partial charge in [0.15, 0.2) is 0 Å². The van der Waals surface area contributed by atoms with Gasteiger partial charge in [0.1, 0.15) is 5.75 Å². The van der Waals surface area contributed by atoms with E-state index in [-0.39, 0.29) is 24.4 Å². The van der Waals surface area contributed by atoms with Gasteiger partial charge in [-0.1, -0.05) is 0 Å². The fourth-order valence-corrected chi connectivity index (χ4v) is 3.59. The second-order valence-electron chi connectivity index (χ2n) is 6.90. The molecule has 0 aliphatic carbocycles. The lowest BCUT2D eigenvalue weighted by Gasteiger charge is -2.32. The molecule has 0 fully saturated rings. The Kier molecular flexibility index (Phi) is 5.36. The van der Waals surface area contributed by atoms with Gasteiger partial charge in [-0.05, 0) is 54.3 Å². The van der Waals surface area contributed by atoms with Crippen molar-refractivity contribution in [3.05, 3.63) is 58.1 Å². The maximum absolute atomic E-state index is 13.3. The second kappa shape index (κ2) is 7.28. The van der Waals surface area contributed by atoms with Crippen molar-refractivity contribution < 1.29 is 44.6 Å². The van der Waals surface area contributed by atoms with Crippen molar-refractivity contribution in [2.75, 3.05) is 11.4 Å². The van der Waals surface area contributed by atoms with Gasteiger partial charge in [-0.3, -0.25) is 0 Å². The van der Waals surface area contributed by atoms with E-state index in [2.05, 4.69) is 0 Å². The van der Waals surface area contributed by atoms with Crippen LogP contribution in [0.25, 0.3) is 0 Å². The summed E-state index contributed by atoms with van der Waals surface area (Å²) in [7, 11) is 0. The average Bonchev–Trinajstić information content (AvgIpc) is 2.58. The van der Waals surface area contributed by atoms with Crippen LogP contribution < -0.4 is 4.90 Å². The number of rotatable bonds is 2. The molecule has 3 rings (SSSR count). The number of nitrogens with zero attached hydrogens (tertiary/aromatic N) is 1. The van der Waals surface area contributed by atoms with Crippen molar-refractivity contribution in [2.24, 2.45) is 0 Å². The van der Waals surface area contributed by atoms with E-state index in [0.29, 0.717) is 24.1 Å². The van der Waals surface area contributed by atoms with Crippen molar-refractivity contribution in [3.63, 3.8) is 0 Å². The number of phenols is 1. The fraction of sp³-hybridized carbons (Fsp3) is 0.368. The molecule has 1 heterocycles. The van der Waals surface area contributed by atoms with E-state index >= 15 is 0 Å². The number of hydrogen-bond donors (Lipinski definition) is 1. The number of hydrogen-bond acceptors (Lipinski definition) is 2. The average molecular weight is 443 g/mol. The monoisotopic (exact) mass is 443 g/mol. The first-order valence-electron chi connectivity index (χ1n) is 8.63. The zero-order chi connectivity index (χ0) is 22.5. The largest absolute Gasteiger partial charge is 0.508 e. The second-order valence-corrected chi connectivity index (χ2v) is 6.90. The molecule has 2 aromatic carbocycles. The minimum absolute atomic E-state index is 0.0520. The SMILES string of the molecule is Oc1ccc2c(c1)CCCN2Cc1cc(C(F)(F)F)c(C(F)(F)F)c(C(F)(F)F)c1. The first-order chi connectivity index (χ1) is 13.7. The van der Waals surface area contributed by atoms with Gasteiger partial charge in [-0.15, -0.1) is 0 Å². The standard InChI is InChI=1S/C19H14F9NO/c20-17(21,22)13-6-10(7-14(18(23,24)25)16(13)19(26,27)28)9-29-5-1-2-11-8-12(30)3-4-15(11)29/h3-4,6-8,30H,1-2,5,9H2. The van der Waals surface area contributed by atoms with Crippen molar-refractivity contribution in [1.29, 1.82) is 0 Å².